The third-order valence-corrected chi connectivity index (χ3v) is 3.88. The van der Waals surface area contributed by atoms with Gasteiger partial charge in [-0.2, -0.15) is 0 Å². The maximum Gasteiger partial charge on any atom is 0.266 e. The fraction of sp³-hybridized carbons (Fsp3) is 0.312. The molecule has 1 aliphatic rings. The van der Waals surface area contributed by atoms with Gasteiger partial charge in [0.15, 0.2) is 0 Å². The van der Waals surface area contributed by atoms with Crippen LogP contribution in [-0.2, 0) is 0 Å². The van der Waals surface area contributed by atoms with Gasteiger partial charge in [-0.25, -0.2) is 9.40 Å². The second kappa shape index (κ2) is 5.79. The standard InChI is InChI=1S/C16H18FN3O/c1-19-8-10-20(11-9-19)18-16(21)14-6-7-15(17)13-5-3-2-4-12(13)14/h2-7H,8-11H2,1H3,(H,18,21). The summed E-state index contributed by atoms with van der Waals surface area (Å²) < 4.78 is 13.8. The number of carbonyl (C=O) groups is 1. The normalized spacial score (nSPS) is 17.0. The van der Waals surface area contributed by atoms with Crippen LogP contribution in [0.4, 0.5) is 4.39 Å². The number of nitrogens with zero attached hydrogens (tertiary/aromatic N) is 2. The Morgan fingerprint density at radius 3 is 2.43 bits per heavy atom. The number of benzene rings is 2. The van der Waals surface area contributed by atoms with E-state index < -0.39 is 0 Å². The SMILES string of the molecule is CN1CCN(NC(=O)c2ccc(F)c3ccccc23)CC1. The Labute approximate surface area is 123 Å². The van der Waals surface area contributed by atoms with Crippen LogP contribution in [-0.4, -0.2) is 49.0 Å². The van der Waals surface area contributed by atoms with Gasteiger partial charge in [-0.1, -0.05) is 24.3 Å². The summed E-state index contributed by atoms with van der Waals surface area (Å²) in [6, 6.07) is 9.95. The maximum absolute atomic E-state index is 13.8. The molecule has 3 rings (SSSR count). The van der Waals surface area contributed by atoms with E-state index in [1.54, 1.807) is 24.3 Å². The number of nitrogens with one attached hydrogen (secondary N) is 1. The first-order chi connectivity index (χ1) is 10.1. The molecule has 0 spiro atoms. The molecule has 1 heterocycles. The molecule has 2 aromatic rings. The highest BCUT2D eigenvalue weighted by atomic mass is 19.1. The van der Waals surface area contributed by atoms with Crippen molar-refractivity contribution in [2.45, 2.75) is 0 Å². The van der Waals surface area contributed by atoms with Crippen LogP contribution in [0.1, 0.15) is 10.4 Å². The number of carbonyl (C=O) groups excluding carboxylic acids is 1. The molecular formula is C16H18FN3O. The summed E-state index contributed by atoms with van der Waals surface area (Å²) in [7, 11) is 2.06. The second-order valence-electron chi connectivity index (χ2n) is 5.37. The lowest BCUT2D eigenvalue weighted by molar-refractivity contribution is 0.0664. The van der Waals surface area contributed by atoms with Crippen molar-refractivity contribution in [3.8, 4) is 0 Å². The minimum absolute atomic E-state index is 0.184. The van der Waals surface area contributed by atoms with E-state index in [-0.39, 0.29) is 11.7 Å². The number of piperazine rings is 1. The highest BCUT2D eigenvalue weighted by Gasteiger charge is 2.18. The fourth-order valence-electron chi connectivity index (χ4n) is 2.58. The van der Waals surface area contributed by atoms with Crippen LogP contribution in [0.25, 0.3) is 10.8 Å². The largest absolute Gasteiger partial charge is 0.304 e. The van der Waals surface area contributed by atoms with E-state index in [0.29, 0.717) is 16.3 Å². The third-order valence-electron chi connectivity index (χ3n) is 3.88. The first kappa shape index (κ1) is 14.0. The molecule has 1 aliphatic heterocycles. The van der Waals surface area contributed by atoms with Crippen molar-refractivity contribution in [3.63, 3.8) is 0 Å². The maximum atomic E-state index is 13.8. The molecule has 0 atom stereocenters. The Morgan fingerprint density at radius 1 is 1.05 bits per heavy atom. The average molecular weight is 287 g/mol. The summed E-state index contributed by atoms with van der Waals surface area (Å²) in [6.07, 6.45) is 0. The van der Waals surface area contributed by atoms with Gasteiger partial charge in [0.25, 0.3) is 5.91 Å². The number of hydrogen-bond donors (Lipinski definition) is 1. The number of hydrazine groups is 1. The fourth-order valence-corrected chi connectivity index (χ4v) is 2.58. The van der Waals surface area contributed by atoms with Gasteiger partial charge in [-0.05, 0) is 24.6 Å². The van der Waals surface area contributed by atoms with E-state index in [4.69, 9.17) is 0 Å². The smallest absolute Gasteiger partial charge is 0.266 e. The molecule has 110 valence electrons. The molecule has 2 aromatic carbocycles. The van der Waals surface area contributed by atoms with Crippen LogP contribution in [0.5, 0.6) is 0 Å². The van der Waals surface area contributed by atoms with Crippen molar-refractivity contribution in [1.82, 2.24) is 15.3 Å². The van der Waals surface area contributed by atoms with Gasteiger partial charge in [-0.3, -0.25) is 10.2 Å². The van der Waals surface area contributed by atoms with Crippen molar-refractivity contribution in [3.05, 3.63) is 47.8 Å². The number of hydrogen-bond acceptors (Lipinski definition) is 3. The van der Waals surface area contributed by atoms with E-state index in [1.807, 2.05) is 11.1 Å². The molecule has 1 saturated heterocycles. The molecule has 0 bridgehead atoms. The van der Waals surface area contributed by atoms with Crippen LogP contribution >= 0.6 is 0 Å². The zero-order valence-corrected chi connectivity index (χ0v) is 12.0. The molecular weight excluding hydrogens is 269 g/mol. The predicted molar refractivity (Wildman–Crippen MR) is 80.4 cm³/mol. The van der Waals surface area contributed by atoms with Crippen LogP contribution in [0.2, 0.25) is 0 Å². The molecule has 0 aromatic heterocycles. The summed E-state index contributed by atoms with van der Waals surface area (Å²) in [6.45, 7) is 3.43. The molecule has 0 saturated carbocycles. The lowest BCUT2D eigenvalue weighted by atomic mass is 10.0. The number of likely N-dealkylation sites (N-methyl/N-ethyl adjacent to an activating group) is 1. The summed E-state index contributed by atoms with van der Waals surface area (Å²) >= 11 is 0. The predicted octanol–water partition coefficient (Wildman–Crippen LogP) is 1.87. The average Bonchev–Trinajstić information content (AvgIpc) is 2.50. The Bertz CT molecular complexity index is 666. The summed E-state index contributed by atoms with van der Waals surface area (Å²) in [4.78, 5) is 14.6. The van der Waals surface area contributed by atoms with Gasteiger partial charge in [0, 0.05) is 37.1 Å². The molecule has 4 nitrogen and oxygen atoms in total. The van der Waals surface area contributed by atoms with E-state index in [1.165, 1.54) is 6.07 Å². The van der Waals surface area contributed by atoms with Crippen LogP contribution in [0.3, 0.4) is 0 Å². The lowest BCUT2D eigenvalue weighted by Gasteiger charge is -2.32. The summed E-state index contributed by atoms with van der Waals surface area (Å²) in [5, 5.41) is 3.04. The monoisotopic (exact) mass is 287 g/mol. The molecule has 1 amide bonds. The highest BCUT2D eigenvalue weighted by Crippen LogP contribution is 2.21. The van der Waals surface area contributed by atoms with Crippen LogP contribution in [0, 0.1) is 5.82 Å². The van der Waals surface area contributed by atoms with E-state index in [2.05, 4.69) is 17.4 Å². The minimum Gasteiger partial charge on any atom is -0.304 e. The molecule has 5 heteroatoms. The second-order valence-corrected chi connectivity index (χ2v) is 5.37. The van der Waals surface area contributed by atoms with Gasteiger partial charge < -0.3 is 4.90 Å². The number of rotatable bonds is 2. The van der Waals surface area contributed by atoms with E-state index >= 15 is 0 Å². The topological polar surface area (TPSA) is 35.6 Å². The zero-order valence-electron chi connectivity index (χ0n) is 12.0. The molecule has 1 fully saturated rings. The molecule has 0 radical (unpaired) electrons. The van der Waals surface area contributed by atoms with Crippen LogP contribution < -0.4 is 5.43 Å². The first-order valence-electron chi connectivity index (χ1n) is 7.07. The number of halogens is 1. The Balaban J connectivity index is 1.83. The van der Waals surface area contributed by atoms with Crippen molar-refractivity contribution in [1.29, 1.82) is 0 Å². The Kier molecular flexibility index (Phi) is 3.86. The van der Waals surface area contributed by atoms with E-state index in [9.17, 15) is 9.18 Å². The first-order valence-corrected chi connectivity index (χ1v) is 7.07. The number of amides is 1. The van der Waals surface area contributed by atoms with Crippen molar-refractivity contribution in [2.75, 3.05) is 33.2 Å². The summed E-state index contributed by atoms with van der Waals surface area (Å²) in [5.41, 5.74) is 3.42. The highest BCUT2D eigenvalue weighted by molar-refractivity contribution is 6.06. The van der Waals surface area contributed by atoms with Gasteiger partial charge in [-0.15, -0.1) is 0 Å². The van der Waals surface area contributed by atoms with Crippen LogP contribution in [0.15, 0.2) is 36.4 Å². The Morgan fingerprint density at radius 2 is 1.71 bits per heavy atom. The summed E-state index contributed by atoms with van der Waals surface area (Å²) in [5.74, 6) is -0.488. The van der Waals surface area contributed by atoms with Gasteiger partial charge >= 0.3 is 0 Å². The van der Waals surface area contributed by atoms with E-state index in [0.717, 1.165) is 26.2 Å². The van der Waals surface area contributed by atoms with Gasteiger partial charge in [0.05, 0.1) is 0 Å². The molecule has 1 N–H and O–H groups in total. The van der Waals surface area contributed by atoms with Crippen molar-refractivity contribution in [2.24, 2.45) is 0 Å². The molecule has 0 unspecified atom stereocenters. The number of fused-ring (bicyclic) bond motifs is 1. The molecule has 0 aliphatic carbocycles. The molecule has 21 heavy (non-hydrogen) atoms. The van der Waals surface area contributed by atoms with Crippen molar-refractivity contribution >= 4 is 16.7 Å². The van der Waals surface area contributed by atoms with Crippen molar-refractivity contribution < 1.29 is 9.18 Å². The lowest BCUT2D eigenvalue weighted by Crippen LogP contribution is -2.52. The quantitative estimate of drug-likeness (QED) is 0.916. The zero-order chi connectivity index (χ0) is 14.8. The van der Waals surface area contributed by atoms with Gasteiger partial charge in [0.2, 0.25) is 0 Å². The third kappa shape index (κ3) is 2.89. The minimum atomic E-state index is -0.304. The van der Waals surface area contributed by atoms with Gasteiger partial charge in [0.1, 0.15) is 5.82 Å². The Hall–Kier alpha value is -1.98.